The number of benzene rings is 2. The van der Waals surface area contributed by atoms with Crippen molar-refractivity contribution in [1.29, 1.82) is 0 Å². The Bertz CT molecular complexity index is 813. The summed E-state index contributed by atoms with van der Waals surface area (Å²) in [6.45, 7) is 4.77. The molecule has 1 heterocycles. The van der Waals surface area contributed by atoms with Gasteiger partial charge in [-0.05, 0) is 42.3 Å². The van der Waals surface area contributed by atoms with Gasteiger partial charge in [-0.2, -0.15) is 0 Å². The van der Waals surface area contributed by atoms with Crippen LogP contribution >= 0.6 is 0 Å². The van der Waals surface area contributed by atoms with Crippen molar-refractivity contribution >= 4 is 17.6 Å². The molecule has 136 valence electrons. The van der Waals surface area contributed by atoms with Crippen molar-refractivity contribution in [3.05, 3.63) is 64.7 Å². The number of carboxylic acids is 1. The van der Waals surface area contributed by atoms with E-state index in [0.29, 0.717) is 38.4 Å². The zero-order valence-corrected chi connectivity index (χ0v) is 14.7. The molecule has 1 fully saturated rings. The molecule has 0 radical (unpaired) electrons. The average Bonchev–Trinajstić information content (AvgIpc) is 2.67. The number of aromatic carboxylic acids is 1. The number of hydrogen-bond acceptors (Lipinski definition) is 4. The smallest absolute Gasteiger partial charge is 0.335 e. The van der Waals surface area contributed by atoms with Gasteiger partial charge in [0, 0.05) is 30.9 Å². The molecule has 0 bridgehead atoms. The third-order valence-electron chi connectivity index (χ3n) is 4.52. The predicted molar refractivity (Wildman–Crippen MR) is 98.6 cm³/mol. The normalized spacial score (nSPS) is 14.1. The summed E-state index contributed by atoms with van der Waals surface area (Å²) in [5.74, 6) is -0.927. The number of amides is 1. The molecule has 1 aliphatic heterocycles. The molecule has 0 atom stereocenters. The lowest BCUT2D eigenvalue weighted by atomic mass is 10.0. The quantitative estimate of drug-likeness (QED) is 0.863. The summed E-state index contributed by atoms with van der Waals surface area (Å²) >= 11 is 0. The second kappa shape index (κ2) is 8.01. The van der Waals surface area contributed by atoms with Crippen LogP contribution < -0.4 is 5.32 Å². The van der Waals surface area contributed by atoms with E-state index in [0.717, 1.165) is 16.8 Å². The minimum Gasteiger partial charge on any atom is -0.478 e. The van der Waals surface area contributed by atoms with Gasteiger partial charge in [0.25, 0.3) is 5.91 Å². The summed E-state index contributed by atoms with van der Waals surface area (Å²) in [5, 5.41) is 12.4. The maximum atomic E-state index is 12.7. The zero-order chi connectivity index (χ0) is 18.5. The highest BCUT2D eigenvalue weighted by molar-refractivity contribution is 5.97. The van der Waals surface area contributed by atoms with Gasteiger partial charge in [-0.15, -0.1) is 0 Å². The van der Waals surface area contributed by atoms with Crippen molar-refractivity contribution in [1.82, 2.24) is 4.90 Å². The average molecular weight is 354 g/mol. The van der Waals surface area contributed by atoms with Crippen LogP contribution in [0, 0.1) is 6.92 Å². The topological polar surface area (TPSA) is 78.9 Å². The number of carbonyl (C=O) groups excluding carboxylic acids is 1. The number of rotatable bonds is 5. The lowest BCUT2D eigenvalue weighted by Gasteiger charge is -2.27. The van der Waals surface area contributed by atoms with Crippen LogP contribution in [0.4, 0.5) is 5.69 Å². The first-order chi connectivity index (χ1) is 12.6. The third-order valence-corrected chi connectivity index (χ3v) is 4.52. The van der Waals surface area contributed by atoms with E-state index in [1.165, 1.54) is 0 Å². The van der Waals surface area contributed by atoms with Crippen LogP contribution in [0.5, 0.6) is 0 Å². The number of hydrogen-bond donors (Lipinski definition) is 2. The number of morpholine rings is 1. The molecule has 0 saturated carbocycles. The van der Waals surface area contributed by atoms with Crippen LogP contribution in [0.2, 0.25) is 0 Å². The summed E-state index contributed by atoms with van der Waals surface area (Å²) in [6.07, 6.45) is 0. The van der Waals surface area contributed by atoms with Crippen LogP contribution in [-0.2, 0) is 11.3 Å². The summed E-state index contributed by atoms with van der Waals surface area (Å²) in [5.41, 5.74) is 3.56. The number of carboxylic acid groups (broad SMARTS) is 1. The van der Waals surface area contributed by atoms with Crippen molar-refractivity contribution in [2.75, 3.05) is 31.6 Å². The highest BCUT2D eigenvalue weighted by Crippen LogP contribution is 2.22. The summed E-state index contributed by atoms with van der Waals surface area (Å²) in [7, 11) is 0. The molecule has 1 saturated heterocycles. The summed E-state index contributed by atoms with van der Waals surface area (Å²) < 4.78 is 5.31. The Balaban J connectivity index is 1.74. The van der Waals surface area contributed by atoms with Crippen LogP contribution in [0.15, 0.2) is 42.5 Å². The Morgan fingerprint density at radius 3 is 2.62 bits per heavy atom. The SMILES string of the molecule is Cc1c(NCc2cccc(C(=O)O)c2)cccc1C(=O)N1CCOCC1. The Morgan fingerprint density at radius 1 is 1.15 bits per heavy atom. The fraction of sp³-hybridized carbons (Fsp3) is 0.300. The minimum absolute atomic E-state index is 0.0160. The maximum absolute atomic E-state index is 12.7. The van der Waals surface area contributed by atoms with Crippen molar-refractivity contribution in [2.45, 2.75) is 13.5 Å². The van der Waals surface area contributed by atoms with Crippen LogP contribution in [0.1, 0.15) is 31.8 Å². The minimum atomic E-state index is -0.943. The van der Waals surface area contributed by atoms with Gasteiger partial charge in [0.05, 0.1) is 18.8 Å². The monoisotopic (exact) mass is 354 g/mol. The molecule has 0 spiro atoms. The van der Waals surface area contributed by atoms with Gasteiger partial charge in [0.1, 0.15) is 0 Å². The lowest BCUT2D eigenvalue weighted by Crippen LogP contribution is -2.41. The van der Waals surface area contributed by atoms with Gasteiger partial charge in [0.2, 0.25) is 0 Å². The number of ether oxygens (including phenoxy) is 1. The van der Waals surface area contributed by atoms with E-state index in [4.69, 9.17) is 9.84 Å². The maximum Gasteiger partial charge on any atom is 0.335 e. The zero-order valence-electron chi connectivity index (χ0n) is 14.7. The van der Waals surface area contributed by atoms with E-state index >= 15 is 0 Å². The Kier molecular flexibility index (Phi) is 5.53. The number of nitrogens with one attached hydrogen (secondary N) is 1. The highest BCUT2D eigenvalue weighted by Gasteiger charge is 2.20. The van der Waals surface area contributed by atoms with Gasteiger partial charge < -0.3 is 20.1 Å². The standard InChI is InChI=1S/C20H22N2O4/c1-14-17(19(23)22-8-10-26-11-9-22)6-3-7-18(14)21-13-15-4-2-5-16(12-15)20(24)25/h2-7,12,21H,8-11,13H2,1H3,(H,24,25). The van der Waals surface area contributed by atoms with Gasteiger partial charge in [-0.1, -0.05) is 18.2 Å². The van der Waals surface area contributed by atoms with E-state index in [1.807, 2.05) is 36.1 Å². The van der Waals surface area contributed by atoms with Gasteiger partial charge >= 0.3 is 5.97 Å². The Hall–Kier alpha value is -2.86. The number of carbonyl (C=O) groups is 2. The largest absolute Gasteiger partial charge is 0.478 e. The third kappa shape index (κ3) is 4.03. The summed E-state index contributed by atoms with van der Waals surface area (Å²) in [4.78, 5) is 25.6. The van der Waals surface area contributed by atoms with Crippen molar-refractivity contribution < 1.29 is 19.4 Å². The van der Waals surface area contributed by atoms with Crippen molar-refractivity contribution in [2.24, 2.45) is 0 Å². The lowest BCUT2D eigenvalue weighted by molar-refractivity contribution is 0.0302. The molecular weight excluding hydrogens is 332 g/mol. The number of anilines is 1. The first kappa shape index (κ1) is 17.9. The first-order valence-corrected chi connectivity index (χ1v) is 8.59. The molecular formula is C20H22N2O4. The fourth-order valence-electron chi connectivity index (χ4n) is 3.01. The number of nitrogens with zero attached hydrogens (tertiary/aromatic N) is 1. The molecule has 6 nitrogen and oxygen atoms in total. The molecule has 2 aromatic carbocycles. The van der Waals surface area contributed by atoms with Crippen LogP contribution in [0.3, 0.4) is 0 Å². The second-order valence-corrected chi connectivity index (χ2v) is 6.24. The first-order valence-electron chi connectivity index (χ1n) is 8.59. The molecule has 0 unspecified atom stereocenters. The van der Waals surface area contributed by atoms with Gasteiger partial charge in [0.15, 0.2) is 0 Å². The molecule has 0 aromatic heterocycles. The van der Waals surface area contributed by atoms with E-state index < -0.39 is 5.97 Å². The molecule has 2 aromatic rings. The van der Waals surface area contributed by atoms with E-state index in [1.54, 1.807) is 18.2 Å². The molecule has 0 aliphatic carbocycles. The predicted octanol–water partition coefficient (Wildman–Crippen LogP) is 2.78. The molecule has 3 rings (SSSR count). The van der Waals surface area contributed by atoms with E-state index in [9.17, 15) is 9.59 Å². The van der Waals surface area contributed by atoms with Gasteiger partial charge in [-0.25, -0.2) is 4.79 Å². The molecule has 26 heavy (non-hydrogen) atoms. The molecule has 1 amide bonds. The van der Waals surface area contributed by atoms with Crippen molar-refractivity contribution in [3.8, 4) is 0 Å². The summed E-state index contributed by atoms with van der Waals surface area (Å²) in [6, 6.07) is 12.4. The van der Waals surface area contributed by atoms with Gasteiger partial charge in [-0.3, -0.25) is 4.79 Å². The van der Waals surface area contributed by atoms with Crippen LogP contribution in [0.25, 0.3) is 0 Å². The highest BCUT2D eigenvalue weighted by atomic mass is 16.5. The van der Waals surface area contributed by atoms with E-state index in [-0.39, 0.29) is 11.5 Å². The van der Waals surface area contributed by atoms with Crippen LogP contribution in [-0.4, -0.2) is 48.2 Å². The second-order valence-electron chi connectivity index (χ2n) is 6.24. The molecule has 6 heteroatoms. The molecule has 1 aliphatic rings. The fourth-order valence-corrected chi connectivity index (χ4v) is 3.01. The molecule has 2 N–H and O–H groups in total. The Morgan fingerprint density at radius 2 is 1.88 bits per heavy atom. The Labute approximate surface area is 152 Å². The van der Waals surface area contributed by atoms with E-state index in [2.05, 4.69) is 5.32 Å². The van der Waals surface area contributed by atoms with Crippen molar-refractivity contribution in [3.63, 3.8) is 0 Å².